The molecular formula is C16H22N4O. The highest BCUT2D eigenvalue weighted by molar-refractivity contribution is 5.78. The minimum Gasteiger partial charge on any atom is -0.370 e. The Morgan fingerprint density at radius 3 is 2.67 bits per heavy atom. The maximum Gasteiger partial charge on any atom is 0.222 e. The summed E-state index contributed by atoms with van der Waals surface area (Å²) in [5, 5.41) is 15.2. The molecule has 0 aromatic heterocycles. The molecule has 2 N–H and O–H groups in total. The van der Waals surface area contributed by atoms with Crippen LogP contribution in [0.25, 0.3) is 0 Å². The number of nitriles is 1. The average Bonchev–Trinajstić information content (AvgIpc) is 2.54. The van der Waals surface area contributed by atoms with Gasteiger partial charge in [0.05, 0.1) is 11.3 Å². The number of anilines is 1. The topological polar surface area (TPSA) is 68.2 Å². The second-order valence-corrected chi connectivity index (χ2v) is 5.37. The highest BCUT2D eigenvalue weighted by Gasteiger charge is 2.25. The predicted molar refractivity (Wildman–Crippen MR) is 82.9 cm³/mol. The van der Waals surface area contributed by atoms with Gasteiger partial charge in [0.15, 0.2) is 0 Å². The van der Waals surface area contributed by atoms with E-state index in [9.17, 15) is 10.1 Å². The molecule has 0 bridgehead atoms. The zero-order valence-electron chi connectivity index (χ0n) is 12.6. The average molecular weight is 286 g/mol. The lowest BCUT2D eigenvalue weighted by atomic mass is 9.95. The zero-order valence-corrected chi connectivity index (χ0v) is 12.6. The van der Waals surface area contributed by atoms with E-state index in [0.717, 1.165) is 43.7 Å². The first-order chi connectivity index (χ1) is 10.2. The molecule has 0 saturated carbocycles. The number of hydrogen-bond acceptors (Lipinski definition) is 4. The lowest BCUT2D eigenvalue weighted by molar-refractivity contribution is -0.125. The third kappa shape index (κ3) is 3.53. The number of amides is 1. The normalized spacial score (nSPS) is 15.6. The van der Waals surface area contributed by atoms with Crippen molar-refractivity contribution in [3.05, 3.63) is 29.3 Å². The van der Waals surface area contributed by atoms with E-state index in [1.54, 1.807) is 7.05 Å². The van der Waals surface area contributed by atoms with Gasteiger partial charge in [-0.25, -0.2) is 0 Å². The van der Waals surface area contributed by atoms with Crippen molar-refractivity contribution >= 4 is 11.6 Å². The van der Waals surface area contributed by atoms with Crippen molar-refractivity contribution in [1.82, 2.24) is 10.6 Å². The van der Waals surface area contributed by atoms with Crippen LogP contribution in [0.1, 0.15) is 24.0 Å². The van der Waals surface area contributed by atoms with E-state index in [1.807, 2.05) is 19.2 Å². The Kier molecular flexibility index (Phi) is 5.18. The fourth-order valence-corrected chi connectivity index (χ4v) is 2.85. The molecule has 0 aliphatic carbocycles. The molecule has 0 atom stereocenters. The van der Waals surface area contributed by atoms with E-state index in [1.165, 1.54) is 0 Å². The van der Waals surface area contributed by atoms with Crippen LogP contribution in [0.5, 0.6) is 0 Å². The third-order valence-corrected chi connectivity index (χ3v) is 4.02. The molecule has 1 aromatic carbocycles. The molecule has 0 spiro atoms. The maximum atomic E-state index is 11.7. The van der Waals surface area contributed by atoms with Gasteiger partial charge in [0, 0.05) is 32.6 Å². The maximum absolute atomic E-state index is 11.7. The fraction of sp³-hybridized carbons (Fsp3) is 0.500. The van der Waals surface area contributed by atoms with Gasteiger partial charge in [0.1, 0.15) is 6.07 Å². The molecule has 5 nitrogen and oxygen atoms in total. The van der Waals surface area contributed by atoms with Crippen LogP contribution in [0.15, 0.2) is 18.2 Å². The van der Waals surface area contributed by atoms with Gasteiger partial charge in [-0.1, -0.05) is 6.07 Å². The number of benzene rings is 1. The SMILES string of the molecule is CNCc1ccc(N2CCC(C(=O)NC)CC2)c(C#N)c1. The monoisotopic (exact) mass is 286 g/mol. The summed E-state index contributed by atoms with van der Waals surface area (Å²) in [5.41, 5.74) is 2.80. The Morgan fingerprint density at radius 2 is 2.10 bits per heavy atom. The molecule has 1 fully saturated rings. The van der Waals surface area contributed by atoms with E-state index in [0.29, 0.717) is 5.56 Å². The summed E-state index contributed by atoms with van der Waals surface area (Å²) in [6, 6.07) is 8.30. The zero-order chi connectivity index (χ0) is 15.2. The van der Waals surface area contributed by atoms with Gasteiger partial charge in [0.25, 0.3) is 0 Å². The molecule has 5 heteroatoms. The summed E-state index contributed by atoms with van der Waals surface area (Å²) in [4.78, 5) is 13.9. The number of rotatable bonds is 4. The van der Waals surface area contributed by atoms with Crippen molar-refractivity contribution in [1.29, 1.82) is 5.26 Å². The van der Waals surface area contributed by atoms with Crippen LogP contribution in [0.2, 0.25) is 0 Å². The summed E-state index contributed by atoms with van der Waals surface area (Å²) >= 11 is 0. The summed E-state index contributed by atoms with van der Waals surface area (Å²) in [6.45, 7) is 2.39. The highest BCUT2D eigenvalue weighted by atomic mass is 16.1. The number of piperidine rings is 1. The molecule has 1 heterocycles. The number of nitrogens with one attached hydrogen (secondary N) is 2. The van der Waals surface area contributed by atoms with E-state index < -0.39 is 0 Å². The predicted octanol–water partition coefficient (Wildman–Crippen LogP) is 1.24. The molecule has 2 rings (SSSR count). The standard InChI is InChI=1S/C16H22N4O/c1-18-11-12-3-4-15(14(9-12)10-17)20-7-5-13(6-8-20)16(21)19-2/h3-4,9,13,18H,5-8,11H2,1-2H3,(H,19,21). The van der Waals surface area contributed by atoms with E-state index in [2.05, 4.69) is 27.7 Å². The van der Waals surface area contributed by atoms with Crippen molar-refractivity contribution in [2.24, 2.45) is 5.92 Å². The highest BCUT2D eigenvalue weighted by Crippen LogP contribution is 2.27. The number of carbonyl (C=O) groups excluding carboxylic acids is 1. The van der Waals surface area contributed by atoms with Crippen molar-refractivity contribution in [2.75, 3.05) is 32.1 Å². The molecule has 1 aromatic rings. The van der Waals surface area contributed by atoms with E-state index in [4.69, 9.17) is 0 Å². The van der Waals surface area contributed by atoms with E-state index >= 15 is 0 Å². The van der Waals surface area contributed by atoms with Crippen LogP contribution in [0.4, 0.5) is 5.69 Å². The first kappa shape index (κ1) is 15.3. The summed E-state index contributed by atoms with van der Waals surface area (Å²) in [5.74, 6) is 0.222. The van der Waals surface area contributed by atoms with Gasteiger partial charge in [-0.2, -0.15) is 5.26 Å². The lowest BCUT2D eigenvalue weighted by Gasteiger charge is -2.33. The van der Waals surface area contributed by atoms with Crippen molar-refractivity contribution in [3.8, 4) is 6.07 Å². The second-order valence-electron chi connectivity index (χ2n) is 5.37. The van der Waals surface area contributed by atoms with Gasteiger partial charge in [-0.3, -0.25) is 4.79 Å². The lowest BCUT2D eigenvalue weighted by Crippen LogP contribution is -2.39. The van der Waals surface area contributed by atoms with Crippen LogP contribution in [-0.2, 0) is 11.3 Å². The molecule has 1 aliphatic heterocycles. The molecule has 1 amide bonds. The number of carbonyl (C=O) groups is 1. The molecule has 0 unspecified atom stereocenters. The fourth-order valence-electron chi connectivity index (χ4n) is 2.85. The number of nitrogens with zero attached hydrogens (tertiary/aromatic N) is 2. The largest absolute Gasteiger partial charge is 0.370 e. The van der Waals surface area contributed by atoms with E-state index in [-0.39, 0.29) is 11.8 Å². The number of hydrogen-bond donors (Lipinski definition) is 2. The second kappa shape index (κ2) is 7.09. The third-order valence-electron chi connectivity index (χ3n) is 4.02. The van der Waals surface area contributed by atoms with Crippen LogP contribution >= 0.6 is 0 Å². The molecule has 0 radical (unpaired) electrons. The van der Waals surface area contributed by atoms with Crippen LogP contribution < -0.4 is 15.5 Å². The Hall–Kier alpha value is -2.06. The summed E-state index contributed by atoms with van der Waals surface area (Å²) in [7, 11) is 3.58. The molecule has 1 saturated heterocycles. The van der Waals surface area contributed by atoms with Crippen LogP contribution in [0, 0.1) is 17.2 Å². The van der Waals surface area contributed by atoms with Gasteiger partial charge in [-0.15, -0.1) is 0 Å². The quantitative estimate of drug-likeness (QED) is 0.874. The smallest absolute Gasteiger partial charge is 0.222 e. The Labute approximate surface area is 125 Å². The Bertz CT molecular complexity index is 542. The van der Waals surface area contributed by atoms with Crippen LogP contribution in [0.3, 0.4) is 0 Å². The summed E-state index contributed by atoms with van der Waals surface area (Å²) in [6.07, 6.45) is 1.67. The van der Waals surface area contributed by atoms with Crippen molar-refractivity contribution in [2.45, 2.75) is 19.4 Å². The molecule has 1 aliphatic rings. The van der Waals surface area contributed by atoms with Crippen molar-refractivity contribution in [3.63, 3.8) is 0 Å². The minimum absolute atomic E-state index is 0.0975. The van der Waals surface area contributed by atoms with Crippen LogP contribution in [-0.4, -0.2) is 33.1 Å². The first-order valence-electron chi connectivity index (χ1n) is 7.33. The molecule has 112 valence electrons. The Balaban J connectivity index is 2.10. The van der Waals surface area contributed by atoms with Gasteiger partial charge in [-0.05, 0) is 37.6 Å². The van der Waals surface area contributed by atoms with Crippen molar-refractivity contribution < 1.29 is 4.79 Å². The van der Waals surface area contributed by atoms with Gasteiger partial charge >= 0.3 is 0 Å². The van der Waals surface area contributed by atoms with Gasteiger partial charge in [0.2, 0.25) is 5.91 Å². The first-order valence-corrected chi connectivity index (χ1v) is 7.33. The molecular weight excluding hydrogens is 264 g/mol. The Morgan fingerprint density at radius 1 is 1.38 bits per heavy atom. The van der Waals surface area contributed by atoms with Gasteiger partial charge < -0.3 is 15.5 Å². The molecule has 21 heavy (non-hydrogen) atoms. The summed E-state index contributed by atoms with van der Waals surface area (Å²) < 4.78 is 0. The minimum atomic E-state index is 0.0975.